The van der Waals surface area contributed by atoms with Crippen LogP contribution in [0.15, 0.2) is 18.2 Å². The average molecular weight is 263 g/mol. The maximum atomic E-state index is 7.56. The van der Waals surface area contributed by atoms with E-state index in [1.54, 1.807) is 7.05 Å². The molecule has 0 radical (unpaired) electrons. The Kier molecular flexibility index (Phi) is 4.07. The van der Waals surface area contributed by atoms with Crippen LogP contribution in [0.5, 0.6) is 11.5 Å². The molecular formula is C12H17N5O2. The fourth-order valence-corrected chi connectivity index (χ4v) is 1.66. The molecule has 0 saturated carbocycles. The molecule has 1 aromatic carbocycles. The van der Waals surface area contributed by atoms with Gasteiger partial charge >= 0.3 is 0 Å². The van der Waals surface area contributed by atoms with Crippen LogP contribution in [0.2, 0.25) is 0 Å². The van der Waals surface area contributed by atoms with E-state index in [1.807, 2.05) is 18.2 Å². The maximum Gasteiger partial charge on any atom is 0.231 e. The van der Waals surface area contributed by atoms with Gasteiger partial charge in [-0.3, -0.25) is 16.1 Å². The van der Waals surface area contributed by atoms with Crippen LogP contribution in [-0.4, -0.2) is 32.3 Å². The molecule has 0 spiro atoms. The van der Waals surface area contributed by atoms with Gasteiger partial charge in [0.05, 0.1) is 0 Å². The van der Waals surface area contributed by atoms with Gasteiger partial charge in [-0.2, -0.15) is 0 Å². The molecule has 2 rings (SSSR count). The van der Waals surface area contributed by atoms with Crippen LogP contribution in [0.4, 0.5) is 0 Å². The summed E-state index contributed by atoms with van der Waals surface area (Å²) in [6.07, 6.45) is 0.758. The molecule has 0 amide bonds. The second kappa shape index (κ2) is 5.94. The molecule has 0 aromatic heterocycles. The van der Waals surface area contributed by atoms with Gasteiger partial charge in [0.25, 0.3) is 0 Å². The van der Waals surface area contributed by atoms with Gasteiger partial charge in [-0.05, 0) is 24.1 Å². The molecule has 1 aromatic rings. The van der Waals surface area contributed by atoms with E-state index in [0.29, 0.717) is 6.54 Å². The SMILES string of the molecule is CNC(=N)NC(=N)NCCc1ccc2c(c1)OCO2. The zero-order valence-corrected chi connectivity index (χ0v) is 10.7. The Morgan fingerprint density at radius 3 is 2.79 bits per heavy atom. The van der Waals surface area contributed by atoms with Gasteiger partial charge in [0.15, 0.2) is 23.4 Å². The molecule has 7 heteroatoms. The number of fused-ring (bicyclic) bond motifs is 1. The van der Waals surface area contributed by atoms with Crippen LogP contribution in [-0.2, 0) is 6.42 Å². The largest absolute Gasteiger partial charge is 0.454 e. The number of hydrogen-bond donors (Lipinski definition) is 5. The first kappa shape index (κ1) is 13.0. The molecule has 0 aliphatic carbocycles. The number of guanidine groups is 2. The molecule has 7 nitrogen and oxygen atoms in total. The molecule has 0 atom stereocenters. The maximum absolute atomic E-state index is 7.56. The van der Waals surface area contributed by atoms with E-state index in [4.69, 9.17) is 20.3 Å². The predicted molar refractivity (Wildman–Crippen MR) is 71.9 cm³/mol. The average Bonchev–Trinajstić information content (AvgIpc) is 2.86. The van der Waals surface area contributed by atoms with Gasteiger partial charge in [-0.25, -0.2) is 0 Å². The summed E-state index contributed by atoms with van der Waals surface area (Å²) in [5, 5.41) is 22.9. The Morgan fingerprint density at radius 1 is 1.21 bits per heavy atom. The lowest BCUT2D eigenvalue weighted by Crippen LogP contribution is -2.45. The summed E-state index contributed by atoms with van der Waals surface area (Å²) in [4.78, 5) is 0. The van der Waals surface area contributed by atoms with E-state index >= 15 is 0 Å². The zero-order chi connectivity index (χ0) is 13.7. The summed E-state index contributed by atoms with van der Waals surface area (Å²) >= 11 is 0. The standard InChI is InChI=1S/C12H17N5O2/c1-15-11(13)17-12(14)16-5-4-8-2-3-9-10(6-8)19-7-18-9/h2-3,6H,4-5,7H2,1H3,(H5,13,14,15,16,17). The van der Waals surface area contributed by atoms with Crippen molar-refractivity contribution < 1.29 is 9.47 Å². The van der Waals surface area contributed by atoms with E-state index in [0.717, 1.165) is 23.5 Å². The number of benzene rings is 1. The van der Waals surface area contributed by atoms with E-state index in [1.165, 1.54) is 0 Å². The highest BCUT2D eigenvalue weighted by Gasteiger charge is 2.12. The highest BCUT2D eigenvalue weighted by molar-refractivity contribution is 5.95. The van der Waals surface area contributed by atoms with E-state index in [-0.39, 0.29) is 18.7 Å². The third kappa shape index (κ3) is 3.51. The smallest absolute Gasteiger partial charge is 0.231 e. The molecular weight excluding hydrogens is 246 g/mol. The van der Waals surface area contributed by atoms with Crippen molar-refractivity contribution in [1.82, 2.24) is 16.0 Å². The lowest BCUT2D eigenvalue weighted by molar-refractivity contribution is 0.174. The summed E-state index contributed by atoms with van der Waals surface area (Å²) in [7, 11) is 1.62. The Morgan fingerprint density at radius 2 is 2.00 bits per heavy atom. The van der Waals surface area contributed by atoms with Gasteiger partial charge in [0.1, 0.15) is 0 Å². The van der Waals surface area contributed by atoms with E-state index in [2.05, 4.69) is 16.0 Å². The minimum absolute atomic E-state index is 0.0839. The second-order valence-electron chi connectivity index (χ2n) is 3.99. The first-order valence-corrected chi connectivity index (χ1v) is 5.93. The molecule has 0 bridgehead atoms. The number of hydrogen-bond acceptors (Lipinski definition) is 4. The van der Waals surface area contributed by atoms with Crippen molar-refractivity contribution in [3.05, 3.63) is 23.8 Å². The fourth-order valence-electron chi connectivity index (χ4n) is 1.66. The Hall–Kier alpha value is -2.44. The molecule has 19 heavy (non-hydrogen) atoms. The van der Waals surface area contributed by atoms with Crippen LogP contribution in [0, 0.1) is 10.8 Å². The number of nitrogens with one attached hydrogen (secondary N) is 5. The zero-order valence-electron chi connectivity index (χ0n) is 10.7. The lowest BCUT2D eigenvalue weighted by Gasteiger charge is -2.10. The van der Waals surface area contributed by atoms with Crippen molar-refractivity contribution in [2.45, 2.75) is 6.42 Å². The quantitative estimate of drug-likeness (QED) is 0.397. The van der Waals surface area contributed by atoms with E-state index < -0.39 is 0 Å². The Balaban J connectivity index is 1.77. The number of rotatable bonds is 3. The van der Waals surface area contributed by atoms with Gasteiger partial charge in [0, 0.05) is 13.6 Å². The van der Waals surface area contributed by atoms with Gasteiger partial charge in [-0.15, -0.1) is 0 Å². The molecule has 1 heterocycles. The van der Waals surface area contributed by atoms with Crippen LogP contribution in [0.3, 0.4) is 0 Å². The second-order valence-corrected chi connectivity index (χ2v) is 3.99. The topological polar surface area (TPSA) is 102 Å². The van der Waals surface area contributed by atoms with Gasteiger partial charge < -0.3 is 20.1 Å². The van der Waals surface area contributed by atoms with Crippen molar-refractivity contribution >= 4 is 11.9 Å². The summed E-state index contributed by atoms with van der Waals surface area (Å²) < 4.78 is 10.5. The van der Waals surface area contributed by atoms with Crippen LogP contribution in [0.1, 0.15) is 5.56 Å². The third-order valence-electron chi connectivity index (χ3n) is 2.65. The Labute approximate surface area is 111 Å². The van der Waals surface area contributed by atoms with Gasteiger partial charge in [0.2, 0.25) is 6.79 Å². The summed E-state index contributed by atoms with van der Waals surface area (Å²) in [5.74, 6) is 1.72. The first-order valence-electron chi connectivity index (χ1n) is 5.93. The lowest BCUT2D eigenvalue weighted by atomic mass is 10.1. The van der Waals surface area contributed by atoms with E-state index in [9.17, 15) is 0 Å². The van der Waals surface area contributed by atoms with Crippen molar-refractivity contribution in [2.24, 2.45) is 0 Å². The van der Waals surface area contributed by atoms with Crippen molar-refractivity contribution in [3.8, 4) is 11.5 Å². The summed E-state index contributed by atoms with van der Waals surface area (Å²) in [6, 6.07) is 5.80. The summed E-state index contributed by atoms with van der Waals surface area (Å²) in [6.45, 7) is 0.875. The van der Waals surface area contributed by atoms with Gasteiger partial charge in [-0.1, -0.05) is 6.07 Å². The molecule has 0 unspecified atom stereocenters. The highest BCUT2D eigenvalue weighted by Crippen LogP contribution is 2.32. The van der Waals surface area contributed by atoms with Crippen molar-refractivity contribution in [2.75, 3.05) is 20.4 Å². The molecule has 1 aliphatic heterocycles. The van der Waals surface area contributed by atoms with Crippen molar-refractivity contribution in [1.29, 1.82) is 10.8 Å². The normalized spacial score (nSPS) is 11.8. The molecule has 0 fully saturated rings. The van der Waals surface area contributed by atoms with Crippen LogP contribution < -0.4 is 25.4 Å². The first-order chi connectivity index (χ1) is 9.19. The van der Waals surface area contributed by atoms with Crippen molar-refractivity contribution in [3.63, 3.8) is 0 Å². The van der Waals surface area contributed by atoms with Crippen LogP contribution in [0.25, 0.3) is 0 Å². The monoisotopic (exact) mass is 263 g/mol. The Bertz CT molecular complexity index is 489. The number of ether oxygens (including phenoxy) is 2. The minimum Gasteiger partial charge on any atom is -0.454 e. The molecule has 0 saturated heterocycles. The highest BCUT2D eigenvalue weighted by atomic mass is 16.7. The molecule has 102 valence electrons. The van der Waals surface area contributed by atoms with Crippen LogP contribution >= 0.6 is 0 Å². The summed E-state index contributed by atoms with van der Waals surface area (Å²) in [5.41, 5.74) is 1.10. The molecule has 1 aliphatic rings. The molecule has 5 N–H and O–H groups in total. The third-order valence-corrected chi connectivity index (χ3v) is 2.65. The predicted octanol–water partition coefficient (Wildman–Crippen LogP) is 0.226. The fraction of sp³-hybridized carbons (Fsp3) is 0.333. The minimum atomic E-state index is 0.0839.